The first kappa shape index (κ1) is 7.49. The van der Waals surface area contributed by atoms with Crippen molar-refractivity contribution in [2.45, 2.75) is 18.9 Å². The Balaban J connectivity index is 2.16. The quantitative estimate of drug-likeness (QED) is 0.663. The predicted molar refractivity (Wildman–Crippen MR) is 41.9 cm³/mol. The smallest absolute Gasteiger partial charge is 0.211 e. The summed E-state index contributed by atoms with van der Waals surface area (Å²) < 4.78 is 5.13. The van der Waals surface area contributed by atoms with Gasteiger partial charge >= 0.3 is 0 Å². The molecule has 1 aromatic rings. The Kier molecular flexibility index (Phi) is 1.91. The van der Waals surface area contributed by atoms with Gasteiger partial charge in [-0.1, -0.05) is 0 Å². The molecule has 1 aliphatic heterocycles. The van der Waals surface area contributed by atoms with E-state index in [-0.39, 0.29) is 6.04 Å². The molecule has 1 atom stereocenters. The summed E-state index contributed by atoms with van der Waals surface area (Å²) in [5.74, 6) is 0.634. The number of aromatic nitrogens is 1. The molecule has 1 aliphatic rings. The van der Waals surface area contributed by atoms with Crippen molar-refractivity contribution in [1.82, 2.24) is 10.3 Å². The van der Waals surface area contributed by atoms with E-state index in [1.54, 1.807) is 0 Å². The van der Waals surface area contributed by atoms with Gasteiger partial charge < -0.3 is 9.73 Å². The second-order valence-corrected chi connectivity index (χ2v) is 2.88. The second-order valence-electron chi connectivity index (χ2n) is 2.88. The van der Waals surface area contributed by atoms with E-state index in [0.717, 1.165) is 19.4 Å². The summed E-state index contributed by atoms with van der Waals surface area (Å²) >= 11 is 0. The molecule has 4 heteroatoms. The molecule has 12 heavy (non-hydrogen) atoms. The highest BCUT2D eigenvalue weighted by atomic mass is 16.3. The number of nitrogens with one attached hydrogen (secondary N) is 1. The molecule has 2 heterocycles. The monoisotopic (exact) mass is 166 g/mol. The summed E-state index contributed by atoms with van der Waals surface area (Å²) in [7, 11) is 0. The molecule has 1 N–H and O–H groups in total. The molecule has 1 fully saturated rings. The van der Waals surface area contributed by atoms with Crippen LogP contribution in [0.2, 0.25) is 0 Å². The molecule has 64 valence electrons. The highest BCUT2D eigenvalue weighted by Crippen LogP contribution is 2.21. The fraction of sp³-hybridized carbons (Fsp3) is 0.500. The molecular weight excluding hydrogens is 156 g/mol. The summed E-state index contributed by atoms with van der Waals surface area (Å²) in [5, 5.41) is 3.24. The predicted octanol–water partition coefficient (Wildman–Crippen LogP) is 0.912. The van der Waals surface area contributed by atoms with Gasteiger partial charge in [0.1, 0.15) is 12.0 Å². The zero-order chi connectivity index (χ0) is 8.39. The van der Waals surface area contributed by atoms with Crippen LogP contribution in [0.5, 0.6) is 0 Å². The Bertz CT molecular complexity index is 276. The van der Waals surface area contributed by atoms with Crippen molar-refractivity contribution in [2.75, 3.05) is 6.54 Å². The van der Waals surface area contributed by atoms with Gasteiger partial charge in [0, 0.05) is 0 Å². The third-order valence-electron chi connectivity index (χ3n) is 2.02. The van der Waals surface area contributed by atoms with Crippen molar-refractivity contribution >= 4 is 6.29 Å². The lowest BCUT2D eigenvalue weighted by atomic mass is 10.2. The average Bonchev–Trinajstić information content (AvgIpc) is 2.75. The minimum Gasteiger partial charge on any atom is -0.446 e. The number of carbonyl (C=O) groups is 1. The first-order chi connectivity index (χ1) is 5.90. The van der Waals surface area contributed by atoms with Crippen LogP contribution >= 0.6 is 0 Å². The lowest BCUT2D eigenvalue weighted by Gasteiger charge is -2.02. The van der Waals surface area contributed by atoms with Crippen LogP contribution in [0, 0.1) is 0 Å². The van der Waals surface area contributed by atoms with Crippen molar-refractivity contribution in [3.05, 3.63) is 17.8 Å². The van der Waals surface area contributed by atoms with Gasteiger partial charge in [0.15, 0.2) is 6.29 Å². The Labute approximate surface area is 70.0 Å². The van der Waals surface area contributed by atoms with Crippen LogP contribution < -0.4 is 5.32 Å². The van der Waals surface area contributed by atoms with Crippen LogP contribution in [-0.4, -0.2) is 17.8 Å². The van der Waals surface area contributed by atoms with Gasteiger partial charge in [-0.2, -0.15) is 0 Å². The van der Waals surface area contributed by atoms with E-state index in [0.29, 0.717) is 17.9 Å². The van der Waals surface area contributed by atoms with E-state index in [4.69, 9.17) is 4.42 Å². The largest absolute Gasteiger partial charge is 0.446 e. The molecular formula is C8H10N2O2. The number of nitrogens with zero attached hydrogens (tertiary/aromatic N) is 1. The molecule has 0 amide bonds. The highest BCUT2D eigenvalue weighted by molar-refractivity contribution is 5.70. The highest BCUT2D eigenvalue weighted by Gasteiger charge is 2.20. The van der Waals surface area contributed by atoms with E-state index >= 15 is 0 Å². The molecule has 0 aliphatic carbocycles. The van der Waals surface area contributed by atoms with Crippen LogP contribution in [0.4, 0.5) is 0 Å². The van der Waals surface area contributed by atoms with Crippen molar-refractivity contribution in [2.24, 2.45) is 0 Å². The number of aldehydes is 1. The SMILES string of the molecule is O=Cc1coc(C2CCCN2)n1. The lowest BCUT2D eigenvalue weighted by molar-refractivity contribution is 0.111. The van der Waals surface area contributed by atoms with Gasteiger partial charge in [-0.15, -0.1) is 0 Å². The van der Waals surface area contributed by atoms with E-state index in [1.807, 2.05) is 0 Å². The zero-order valence-electron chi connectivity index (χ0n) is 6.62. The van der Waals surface area contributed by atoms with Gasteiger partial charge in [0.25, 0.3) is 0 Å². The summed E-state index contributed by atoms with van der Waals surface area (Å²) in [5.41, 5.74) is 0.374. The normalized spacial score (nSPS) is 22.8. The second kappa shape index (κ2) is 3.06. The summed E-state index contributed by atoms with van der Waals surface area (Å²) in [6, 6.07) is 0.207. The van der Waals surface area contributed by atoms with E-state index in [9.17, 15) is 4.79 Å². The first-order valence-corrected chi connectivity index (χ1v) is 4.04. The average molecular weight is 166 g/mol. The van der Waals surface area contributed by atoms with Crippen molar-refractivity contribution in [3.8, 4) is 0 Å². The maximum atomic E-state index is 10.3. The van der Waals surface area contributed by atoms with Gasteiger partial charge in [0.05, 0.1) is 6.04 Å². The Morgan fingerprint density at radius 1 is 1.75 bits per heavy atom. The number of hydrogen-bond donors (Lipinski definition) is 1. The van der Waals surface area contributed by atoms with Crippen LogP contribution in [0.25, 0.3) is 0 Å². The molecule has 0 saturated carbocycles. The molecule has 2 rings (SSSR count). The first-order valence-electron chi connectivity index (χ1n) is 4.04. The summed E-state index contributed by atoms with van der Waals surface area (Å²) in [6.07, 6.45) is 4.27. The van der Waals surface area contributed by atoms with Crippen LogP contribution in [-0.2, 0) is 0 Å². The number of rotatable bonds is 2. The fourth-order valence-electron chi connectivity index (χ4n) is 1.41. The maximum absolute atomic E-state index is 10.3. The van der Waals surface area contributed by atoms with Crippen molar-refractivity contribution < 1.29 is 9.21 Å². The van der Waals surface area contributed by atoms with Crippen LogP contribution in [0.3, 0.4) is 0 Å². The van der Waals surface area contributed by atoms with Gasteiger partial charge in [-0.25, -0.2) is 4.98 Å². The Morgan fingerprint density at radius 2 is 2.67 bits per heavy atom. The molecule has 1 aromatic heterocycles. The maximum Gasteiger partial charge on any atom is 0.211 e. The van der Waals surface area contributed by atoms with Gasteiger partial charge in [-0.3, -0.25) is 4.79 Å². The summed E-state index contributed by atoms with van der Waals surface area (Å²) in [6.45, 7) is 1.00. The third kappa shape index (κ3) is 1.25. The molecule has 1 saturated heterocycles. The molecule has 0 bridgehead atoms. The molecule has 4 nitrogen and oxygen atoms in total. The van der Waals surface area contributed by atoms with Gasteiger partial charge in [-0.05, 0) is 19.4 Å². The Hall–Kier alpha value is -1.16. The van der Waals surface area contributed by atoms with Gasteiger partial charge in [0.2, 0.25) is 5.89 Å². The lowest BCUT2D eigenvalue weighted by Crippen LogP contribution is -2.13. The molecule has 0 aromatic carbocycles. The van der Waals surface area contributed by atoms with Crippen LogP contribution in [0.15, 0.2) is 10.7 Å². The van der Waals surface area contributed by atoms with E-state index in [2.05, 4.69) is 10.3 Å². The molecule has 1 unspecified atom stereocenters. The van der Waals surface area contributed by atoms with Crippen molar-refractivity contribution in [3.63, 3.8) is 0 Å². The number of carbonyl (C=O) groups excluding carboxylic acids is 1. The van der Waals surface area contributed by atoms with Crippen LogP contribution in [0.1, 0.15) is 35.3 Å². The molecule has 0 spiro atoms. The van der Waals surface area contributed by atoms with Crippen molar-refractivity contribution in [1.29, 1.82) is 0 Å². The molecule has 0 radical (unpaired) electrons. The standard InChI is InChI=1S/C8H10N2O2/c11-4-6-5-12-8(10-6)7-2-1-3-9-7/h4-5,7,9H,1-3H2. The topological polar surface area (TPSA) is 55.1 Å². The minimum atomic E-state index is 0.207. The third-order valence-corrected chi connectivity index (χ3v) is 2.02. The number of hydrogen-bond acceptors (Lipinski definition) is 4. The Morgan fingerprint density at radius 3 is 3.25 bits per heavy atom. The fourth-order valence-corrected chi connectivity index (χ4v) is 1.41. The minimum absolute atomic E-state index is 0.207. The van der Waals surface area contributed by atoms with E-state index in [1.165, 1.54) is 6.26 Å². The number of oxazole rings is 1. The summed E-state index contributed by atoms with van der Waals surface area (Å²) in [4.78, 5) is 14.3. The zero-order valence-corrected chi connectivity index (χ0v) is 6.62. The van der Waals surface area contributed by atoms with E-state index < -0.39 is 0 Å².